The average Bonchev–Trinajstić information content (AvgIpc) is 3.78. The maximum absolute atomic E-state index is 12.8. The van der Waals surface area contributed by atoms with Gasteiger partial charge in [-0.05, 0) is 91.5 Å². The molecule has 3 N–H and O–H groups in total. The van der Waals surface area contributed by atoms with Crippen molar-refractivity contribution in [3.63, 3.8) is 0 Å². The minimum atomic E-state index is -1.00. The Morgan fingerprint density at radius 2 is 1.60 bits per heavy atom. The molecule has 6 heteroatoms. The third-order valence-electron chi connectivity index (χ3n) is 9.16. The highest BCUT2D eigenvalue weighted by Gasteiger charge is 2.69. The van der Waals surface area contributed by atoms with Crippen molar-refractivity contribution in [1.29, 1.82) is 0 Å². The highest BCUT2D eigenvalue weighted by molar-refractivity contribution is 5.95. The van der Waals surface area contributed by atoms with Crippen LogP contribution < -0.4 is 5.32 Å². The molecule has 0 aromatic heterocycles. The van der Waals surface area contributed by atoms with E-state index in [0.717, 1.165) is 25.2 Å². The van der Waals surface area contributed by atoms with Crippen LogP contribution in [0.3, 0.4) is 0 Å². The zero-order valence-electron chi connectivity index (χ0n) is 25.6. The maximum atomic E-state index is 12.8. The van der Waals surface area contributed by atoms with Crippen molar-refractivity contribution in [1.82, 2.24) is 10.2 Å². The molecule has 6 nitrogen and oxygen atoms in total. The standard InChI is InChI=1S/C28H32N2O4.3C2H6/c1-17-24-27(16-30(24)14-18-2-3-18)13-21-8-9-22(31)12-23(21)28(17,15-27)10-11-29-25(32)19-4-6-20(7-5-19)26(33)34;3*1-2/h4-9,12,17-18,24,31H,2-3,10-11,13-16H2,1H3,(H,29,32)(H,33,34);3*1-2H3/t17-,24?,27?,28-;;;/m0.../s1. The zero-order valence-corrected chi connectivity index (χ0v) is 25.6. The van der Waals surface area contributed by atoms with E-state index in [1.54, 1.807) is 12.1 Å². The number of carboxylic acid groups (broad SMARTS) is 1. The number of phenols is 1. The van der Waals surface area contributed by atoms with Gasteiger partial charge in [0.15, 0.2) is 0 Å². The average molecular weight is 551 g/mol. The van der Waals surface area contributed by atoms with E-state index >= 15 is 0 Å². The van der Waals surface area contributed by atoms with Crippen molar-refractivity contribution in [2.45, 2.75) is 92.0 Å². The van der Waals surface area contributed by atoms with Crippen LogP contribution in [-0.2, 0) is 11.8 Å². The van der Waals surface area contributed by atoms with Gasteiger partial charge >= 0.3 is 5.97 Å². The molecule has 3 fully saturated rings. The summed E-state index contributed by atoms with van der Waals surface area (Å²) in [6, 6.07) is 12.5. The molecule has 1 saturated heterocycles. The van der Waals surface area contributed by atoms with Crippen molar-refractivity contribution in [3.05, 3.63) is 64.7 Å². The minimum absolute atomic E-state index is 0.0598. The molecule has 3 aliphatic carbocycles. The summed E-state index contributed by atoms with van der Waals surface area (Å²) in [6.07, 6.45) is 5.77. The van der Waals surface area contributed by atoms with Gasteiger partial charge in [0.2, 0.25) is 0 Å². The molecule has 220 valence electrons. The SMILES string of the molecule is CC.CC.CC.C[C@H]1C2N(CC3CC3)CC23Cc2ccc(O)cc2[C@@]1(CCNC(=O)c1ccc(C(=O)O)cc1)C3. The van der Waals surface area contributed by atoms with Crippen LogP contribution in [-0.4, -0.2) is 52.7 Å². The summed E-state index contributed by atoms with van der Waals surface area (Å²) < 4.78 is 0. The van der Waals surface area contributed by atoms with E-state index < -0.39 is 5.97 Å². The third-order valence-corrected chi connectivity index (χ3v) is 9.16. The molecule has 6 rings (SSSR count). The molecule has 2 aromatic rings. The number of aromatic carboxylic acids is 1. The van der Waals surface area contributed by atoms with Gasteiger partial charge in [-0.1, -0.05) is 54.5 Å². The second-order valence-corrected chi connectivity index (χ2v) is 11.2. The van der Waals surface area contributed by atoms with Crippen LogP contribution in [0.1, 0.15) is 106 Å². The van der Waals surface area contributed by atoms with Crippen LogP contribution in [0.25, 0.3) is 0 Å². The van der Waals surface area contributed by atoms with Crippen LogP contribution in [0.5, 0.6) is 5.75 Å². The van der Waals surface area contributed by atoms with Crippen LogP contribution in [0.4, 0.5) is 0 Å². The topological polar surface area (TPSA) is 89.9 Å². The maximum Gasteiger partial charge on any atom is 0.335 e. The number of fused-ring (bicyclic) bond motifs is 3. The molecular weight excluding hydrogens is 500 g/mol. The normalized spacial score (nSPS) is 27.1. The summed E-state index contributed by atoms with van der Waals surface area (Å²) >= 11 is 0. The number of aromatic hydroxyl groups is 1. The molecule has 40 heavy (non-hydrogen) atoms. The fourth-order valence-electron chi connectivity index (χ4n) is 7.62. The quantitative estimate of drug-likeness (QED) is 0.349. The molecule has 0 radical (unpaired) electrons. The van der Waals surface area contributed by atoms with Crippen LogP contribution >= 0.6 is 0 Å². The molecule has 1 aliphatic heterocycles. The smallest absolute Gasteiger partial charge is 0.335 e. The van der Waals surface area contributed by atoms with Crippen LogP contribution in [0.15, 0.2) is 42.5 Å². The number of nitrogens with zero attached hydrogens (tertiary/aromatic N) is 1. The summed E-state index contributed by atoms with van der Waals surface area (Å²) in [5.41, 5.74) is 3.53. The van der Waals surface area contributed by atoms with Gasteiger partial charge in [-0.25, -0.2) is 4.79 Å². The van der Waals surface area contributed by atoms with Gasteiger partial charge in [0.05, 0.1) is 5.56 Å². The van der Waals surface area contributed by atoms with Crippen molar-refractivity contribution >= 4 is 11.9 Å². The first kappa shape index (κ1) is 31.7. The lowest BCUT2D eigenvalue weighted by molar-refractivity contribution is -0.0692. The Bertz CT molecular complexity index is 1160. The molecule has 2 aromatic carbocycles. The summed E-state index contributed by atoms with van der Waals surface area (Å²) in [7, 11) is 0. The van der Waals surface area contributed by atoms with Crippen molar-refractivity contribution in [3.8, 4) is 5.75 Å². The van der Waals surface area contributed by atoms with Crippen molar-refractivity contribution < 1.29 is 19.8 Å². The summed E-state index contributed by atoms with van der Waals surface area (Å²) in [5.74, 6) is 0.464. The van der Waals surface area contributed by atoms with E-state index in [4.69, 9.17) is 5.11 Å². The Balaban J connectivity index is 0.000000691. The van der Waals surface area contributed by atoms with Gasteiger partial charge in [-0.2, -0.15) is 0 Å². The molecule has 2 saturated carbocycles. The van der Waals surface area contributed by atoms with Crippen molar-refractivity contribution in [2.75, 3.05) is 19.6 Å². The number of phenolic OH excluding ortho intramolecular Hbond substituents is 1. The molecular formula is C34H50N2O4. The first-order valence-electron chi connectivity index (χ1n) is 15.5. The van der Waals surface area contributed by atoms with E-state index in [0.29, 0.717) is 35.2 Å². The Kier molecular flexibility index (Phi) is 10.5. The Morgan fingerprint density at radius 1 is 0.975 bits per heavy atom. The van der Waals surface area contributed by atoms with E-state index in [-0.39, 0.29) is 16.9 Å². The second-order valence-electron chi connectivity index (χ2n) is 11.2. The number of benzene rings is 2. The van der Waals surface area contributed by atoms with Gasteiger partial charge < -0.3 is 15.5 Å². The largest absolute Gasteiger partial charge is 0.508 e. The number of carboxylic acids is 1. The minimum Gasteiger partial charge on any atom is -0.508 e. The number of nitrogens with one attached hydrogen (secondary N) is 1. The highest BCUT2D eigenvalue weighted by Crippen LogP contribution is 2.67. The first-order chi connectivity index (χ1) is 19.3. The fraction of sp³-hybridized carbons (Fsp3) is 0.588. The molecule has 2 unspecified atom stereocenters. The number of carbonyl (C=O) groups excluding carboxylic acids is 1. The Labute approximate surface area is 241 Å². The molecule has 1 heterocycles. The predicted molar refractivity (Wildman–Crippen MR) is 162 cm³/mol. The van der Waals surface area contributed by atoms with Gasteiger partial charge in [0.1, 0.15) is 5.75 Å². The van der Waals surface area contributed by atoms with Gasteiger partial charge in [-0.3, -0.25) is 9.69 Å². The first-order valence-corrected chi connectivity index (χ1v) is 15.5. The van der Waals surface area contributed by atoms with Crippen molar-refractivity contribution in [2.24, 2.45) is 17.3 Å². The van der Waals surface area contributed by atoms with E-state index in [2.05, 4.69) is 23.2 Å². The summed E-state index contributed by atoms with van der Waals surface area (Å²) in [4.78, 5) is 26.6. The molecule has 1 amide bonds. The second kappa shape index (κ2) is 13.2. The van der Waals surface area contributed by atoms with Gasteiger partial charge in [0, 0.05) is 42.1 Å². The Morgan fingerprint density at radius 3 is 2.20 bits per heavy atom. The number of carbonyl (C=O) groups is 2. The highest BCUT2D eigenvalue weighted by atomic mass is 16.4. The van der Waals surface area contributed by atoms with E-state index in [1.807, 2.05) is 53.7 Å². The lowest BCUT2D eigenvalue weighted by Gasteiger charge is -2.56. The van der Waals surface area contributed by atoms with Crippen LogP contribution in [0.2, 0.25) is 0 Å². The number of rotatable bonds is 7. The molecule has 4 aliphatic rings. The lowest BCUT2D eigenvalue weighted by Crippen LogP contribution is -2.64. The van der Waals surface area contributed by atoms with E-state index in [1.165, 1.54) is 49.2 Å². The lowest BCUT2D eigenvalue weighted by atomic mass is 9.61. The predicted octanol–water partition coefficient (Wildman–Crippen LogP) is 6.90. The summed E-state index contributed by atoms with van der Waals surface area (Å²) in [5, 5.41) is 22.5. The molecule has 4 atom stereocenters. The number of hydrogen-bond acceptors (Lipinski definition) is 4. The monoisotopic (exact) mass is 550 g/mol. The molecule has 1 spiro atoms. The third kappa shape index (κ3) is 5.79. The van der Waals surface area contributed by atoms with Gasteiger partial charge in [-0.15, -0.1) is 0 Å². The Hall–Kier alpha value is -2.86. The summed E-state index contributed by atoms with van der Waals surface area (Å²) in [6.45, 7) is 17.3. The zero-order chi connectivity index (χ0) is 29.7. The molecule has 2 bridgehead atoms. The number of hydrogen-bond donors (Lipinski definition) is 3. The van der Waals surface area contributed by atoms with Crippen LogP contribution in [0, 0.1) is 17.3 Å². The van der Waals surface area contributed by atoms with Gasteiger partial charge in [0.25, 0.3) is 5.91 Å². The van der Waals surface area contributed by atoms with E-state index in [9.17, 15) is 14.7 Å². The number of amides is 1. The fourth-order valence-corrected chi connectivity index (χ4v) is 7.62. The number of likely N-dealkylation sites (tertiary alicyclic amines) is 1.